The predicted octanol–water partition coefficient (Wildman–Crippen LogP) is 4.26. The van der Waals surface area contributed by atoms with Gasteiger partial charge in [0.15, 0.2) is 0 Å². The monoisotopic (exact) mass is 358 g/mol. The molecule has 0 unspecified atom stereocenters. The molecule has 27 heavy (non-hydrogen) atoms. The first-order valence-corrected chi connectivity index (χ1v) is 9.51. The number of aromatic amines is 1. The average molecular weight is 358 g/mol. The first kappa shape index (κ1) is 16.3. The van der Waals surface area contributed by atoms with Gasteiger partial charge in [-0.3, -0.25) is 9.88 Å². The summed E-state index contributed by atoms with van der Waals surface area (Å²) in [6.07, 6.45) is 5.52. The molecule has 0 amide bonds. The lowest BCUT2D eigenvalue weighted by Crippen LogP contribution is -2.36. The lowest BCUT2D eigenvalue weighted by atomic mass is 9.97. The molecule has 0 saturated carbocycles. The Morgan fingerprint density at radius 1 is 1.15 bits per heavy atom. The summed E-state index contributed by atoms with van der Waals surface area (Å²) in [4.78, 5) is 15.1. The van der Waals surface area contributed by atoms with E-state index >= 15 is 0 Å². The van der Waals surface area contributed by atoms with Crippen LogP contribution >= 0.6 is 0 Å². The number of para-hydroxylation sites is 1. The van der Waals surface area contributed by atoms with Crippen molar-refractivity contribution in [2.45, 2.75) is 32.4 Å². The minimum absolute atomic E-state index is 0.0552. The molecule has 0 aliphatic carbocycles. The lowest BCUT2D eigenvalue weighted by molar-refractivity contribution is 0.196. The molecule has 5 nitrogen and oxygen atoms in total. The van der Waals surface area contributed by atoms with Gasteiger partial charge in [-0.2, -0.15) is 0 Å². The normalized spacial score (nSPS) is 17.3. The van der Waals surface area contributed by atoms with Crippen LogP contribution in [0.15, 0.2) is 59.4 Å². The highest BCUT2D eigenvalue weighted by molar-refractivity contribution is 5.82. The third-order valence-corrected chi connectivity index (χ3v) is 5.46. The molecular weight excluding hydrogens is 336 g/mol. The van der Waals surface area contributed by atoms with E-state index in [1.807, 2.05) is 24.4 Å². The molecule has 3 aromatic heterocycles. The van der Waals surface area contributed by atoms with Gasteiger partial charge in [0.2, 0.25) is 0 Å². The molecule has 0 radical (unpaired) electrons. The third-order valence-electron chi connectivity index (χ3n) is 5.46. The molecule has 1 aromatic carbocycles. The Morgan fingerprint density at radius 2 is 2.04 bits per heavy atom. The number of aryl methyl sites for hydroxylation is 1. The number of nitrogens with zero attached hydrogens (tertiary/aromatic N) is 3. The van der Waals surface area contributed by atoms with Gasteiger partial charge in [-0.1, -0.05) is 31.2 Å². The van der Waals surface area contributed by atoms with Crippen molar-refractivity contribution in [3.63, 3.8) is 0 Å². The fourth-order valence-corrected chi connectivity index (χ4v) is 4.17. The van der Waals surface area contributed by atoms with E-state index in [4.69, 9.17) is 4.42 Å². The number of rotatable bonds is 4. The predicted molar refractivity (Wildman–Crippen MR) is 104 cm³/mol. The van der Waals surface area contributed by atoms with E-state index in [9.17, 15) is 0 Å². The lowest BCUT2D eigenvalue weighted by Gasteiger charge is -2.34. The van der Waals surface area contributed by atoms with Crippen molar-refractivity contribution in [3.8, 4) is 0 Å². The van der Waals surface area contributed by atoms with Crippen molar-refractivity contribution in [2.24, 2.45) is 0 Å². The Hall–Kier alpha value is -2.92. The zero-order chi connectivity index (χ0) is 18.2. The van der Waals surface area contributed by atoms with E-state index < -0.39 is 0 Å². The molecule has 5 rings (SSSR count). The summed E-state index contributed by atoms with van der Waals surface area (Å²) in [5.41, 5.74) is 5.60. The Kier molecular flexibility index (Phi) is 4.02. The number of imidazole rings is 1. The first-order chi connectivity index (χ1) is 13.3. The molecule has 0 bridgehead atoms. The fraction of sp³-hybridized carbons (Fsp3) is 0.273. The Labute approximate surface area is 158 Å². The van der Waals surface area contributed by atoms with Crippen LogP contribution < -0.4 is 0 Å². The van der Waals surface area contributed by atoms with Gasteiger partial charge < -0.3 is 9.40 Å². The highest BCUT2D eigenvalue weighted by atomic mass is 16.3. The smallest absolute Gasteiger partial charge is 0.134 e. The van der Waals surface area contributed by atoms with Gasteiger partial charge in [0.05, 0.1) is 23.8 Å². The molecule has 5 heteroatoms. The summed E-state index contributed by atoms with van der Waals surface area (Å²) >= 11 is 0. The van der Waals surface area contributed by atoms with Gasteiger partial charge in [0, 0.05) is 48.8 Å². The molecule has 0 spiro atoms. The standard InChI is InChI=1S/C22H22N4O/c1-2-19-16(15-7-3-4-9-20(15)27-19)13-26-12-10-17-21(25-14-24-17)22(26)18-8-5-6-11-23-18/h3-9,11,14,22H,2,10,12-13H2,1H3,(H,24,25)/t22-/m0/s1. The number of hydrogen-bond donors (Lipinski definition) is 1. The maximum Gasteiger partial charge on any atom is 0.134 e. The SMILES string of the molecule is CCc1oc2ccccc2c1CN1CCc2[nH]cnc2[C@@H]1c1ccccn1. The van der Waals surface area contributed by atoms with E-state index in [0.29, 0.717) is 0 Å². The number of fused-ring (bicyclic) bond motifs is 2. The quantitative estimate of drug-likeness (QED) is 0.592. The number of furan rings is 1. The van der Waals surface area contributed by atoms with Crippen molar-refractivity contribution in [3.05, 3.63) is 83.4 Å². The Balaban J connectivity index is 1.59. The maximum atomic E-state index is 6.12. The largest absolute Gasteiger partial charge is 0.461 e. The van der Waals surface area contributed by atoms with Crippen molar-refractivity contribution in [1.29, 1.82) is 0 Å². The first-order valence-electron chi connectivity index (χ1n) is 9.51. The van der Waals surface area contributed by atoms with Crippen LogP contribution in [0.3, 0.4) is 0 Å². The number of pyridine rings is 1. The van der Waals surface area contributed by atoms with E-state index in [1.165, 1.54) is 16.6 Å². The minimum Gasteiger partial charge on any atom is -0.461 e. The molecule has 0 fully saturated rings. The minimum atomic E-state index is 0.0552. The van der Waals surface area contributed by atoms with E-state index in [1.54, 1.807) is 6.33 Å². The fourth-order valence-electron chi connectivity index (χ4n) is 4.17. The van der Waals surface area contributed by atoms with Gasteiger partial charge in [0.1, 0.15) is 11.3 Å². The molecule has 1 aliphatic heterocycles. The molecule has 1 N–H and O–H groups in total. The van der Waals surface area contributed by atoms with Crippen molar-refractivity contribution in [1.82, 2.24) is 19.9 Å². The van der Waals surface area contributed by atoms with Gasteiger partial charge in [0.25, 0.3) is 0 Å². The number of H-pyrrole nitrogens is 1. The number of aromatic nitrogens is 3. The molecule has 1 aliphatic rings. The molecule has 4 aromatic rings. The number of hydrogen-bond acceptors (Lipinski definition) is 4. The van der Waals surface area contributed by atoms with Crippen LogP contribution in [0, 0.1) is 0 Å². The molecule has 0 saturated heterocycles. The zero-order valence-corrected chi connectivity index (χ0v) is 15.4. The van der Waals surface area contributed by atoms with E-state index in [0.717, 1.165) is 48.7 Å². The van der Waals surface area contributed by atoms with Gasteiger partial charge >= 0.3 is 0 Å². The number of nitrogens with one attached hydrogen (secondary N) is 1. The summed E-state index contributed by atoms with van der Waals surface area (Å²) in [5, 5.41) is 1.21. The summed E-state index contributed by atoms with van der Waals surface area (Å²) in [5.74, 6) is 1.07. The van der Waals surface area contributed by atoms with Crippen LogP contribution in [0.25, 0.3) is 11.0 Å². The van der Waals surface area contributed by atoms with Crippen molar-refractivity contribution in [2.75, 3.05) is 6.54 Å². The van der Waals surface area contributed by atoms with Crippen LogP contribution in [0.4, 0.5) is 0 Å². The molecule has 1 atom stereocenters. The van der Waals surface area contributed by atoms with Gasteiger partial charge in [-0.15, -0.1) is 0 Å². The third kappa shape index (κ3) is 2.75. The second-order valence-corrected chi connectivity index (χ2v) is 7.00. The second kappa shape index (κ2) is 6.67. The van der Waals surface area contributed by atoms with Gasteiger partial charge in [-0.25, -0.2) is 4.98 Å². The maximum absolute atomic E-state index is 6.12. The van der Waals surface area contributed by atoms with Crippen LogP contribution in [-0.4, -0.2) is 26.4 Å². The highest BCUT2D eigenvalue weighted by Crippen LogP contribution is 2.36. The van der Waals surface area contributed by atoms with Gasteiger partial charge in [-0.05, 0) is 18.2 Å². The highest BCUT2D eigenvalue weighted by Gasteiger charge is 2.32. The van der Waals surface area contributed by atoms with Crippen molar-refractivity contribution >= 4 is 11.0 Å². The Bertz CT molecular complexity index is 1070. The van der Waals surface area contributed by atoms with E-state index in [2.05, 4.69) is 51.0 Å². The summed E-state index contributed by atoms with van der Waals surface area (Å²) in [6.45, 7) is 3.94. The molecule has 136 valence electrons. The van der Waals surface area contributed by atoms with Crippen LogP contribution in [-0.2, 0) is 19.4 Å². The Morgan fingerprint density at radius 3 is 2.89 bits per heavy atom. The van der Waals surface area contributed by atoms with Crippen molar-refractivity contribution < 1.29 is 4.42 Å². The zero-order valence-electron chi connectivity index (χ0n) is 15.4. The summed E-state index contributed by atoms with van der Waals surface area (Å²) < 4.78 is 6.12. The molecule has 4 heterocycles. The van der Waals surface area contributed by atoms with Crippen LogP contribution in [0.2, 0.25) is 0 Å². The molecular formula is C22H22N4O. The second-order valence-electron chi connectivity index (χ2n) is 7.00. The average Bonchev–Trinajstić information content (AvgIpc) is 3.33. The number of benzene rings is 1. The summed E-state index contributed by atoms with van der Waals surface area (Å²) in [7, 11) is 0. The topological polar surface area (TPSA) is 58.0 Å². The van der Waals surface area contributed by atoms with Crippen LogP contribution in [0.1, 0.15) is 41.4 Å². The summed E-state index contributed by atoms with van der Waals surface area (Å²) in [6, 6.07) is 14.5. The van der Waals surface area contributed by atoms with Crippen LogP contribution in [0.5, 0.6) is 0 Å². The van der Waals surface area contributed by atoms with E-state index in [-0.39, 0.29) is 6.04 Å².